The van der Waals surface area contributed by atoms with Crippen LogP contribution in [0.1, 0.15) is 37.2 Å². The van der Waals surface area contributed by atoms with Crippen molar-refractivity contribution < 1.29 is 17.9 Å². The summed E-state index contributed by atoms with van der Waals surface area (Å²) in [7, 11) is 0. The Morgan fingerprint density at radius 3 is 2.24 bits per heavy atom. The van der Waals surface area contributed by atoms with Gasteiger partial charge in [0.15, 0.2) is 11.6 Å². The van der Waals surface area contributed by atoms with Gasteiger partial charge in [-0.3, -0.25) is 0 Å². The van der Waals surface area contributed by atoms with Gasteiger partial charge in [-0.05, 0) is 71.7 Å². The predicted octanol–water partition coefficient (Wildman–Crippen LogP) is 7.71. The minimum Gasteiger partial charge on any atom is -0.432 e. The molecule has 1 aliphatic rings. The van der Waals surface area contributed by atoms with Gasteiger partial charge >= 0.3 is 6.61 Å². The van der Waals surface area contributed by atoms with Crippen LogP contribution in [0, 0.1) is 11.7 Å². The first kappa shape index (κ1) is 19.6. The van der Waals surface area contributed by atoms with Crippen molar-refractivity contribution >= 4 is 10.8 Å². The van der Waals surface area contributed by atoms with Crippen molar-refractivity contribution in [1.82, 2.24) is 0 Å². The number of allylic oxidation sites excluding steroid dienone is 1. The standard InChI is InChI=1S/C25H23F3O/c1-2-16-3-5-17(6-4-16)18-7-9-19(10-8-18)20-11-13-22-21(15-20)12-14-23(24(22)26)29-25(27)28/h2,7-17,25H,1,3-6H2. The fourth-order valence-electron chi connectivity index (χ4n) is 4.27. The molecule has 0 spiro atoms. The molecule has 1 aliphatic carbocycles. The lowest BCUT2D eigenvalue weighted by Crippen LogP contribution is -2.11. The molecular weight excluding hydrogens is 373 g/mol. The van der Waals surface area contributed by atoms with Crippen LogP contribution in [-0.2, 0) is 0 Å². The number of rotatable bonds is 5. The molecule has 0 aromatic heterocycles. The largest absolute Gasteiger partial charge is 0.432 e. The highest BCUT2D eigenvalue weighted by Gasteiger charge is 2.20. The van der Waals surface area contributed by atoms with Gasteiger partial charge in [0.2, 0.25) is 0 Å². The Labute approximate surface area is 168 Å². The van der Waals surface area contributed by atoms with E-state index in [1.165, 1.54) is 37.3 Å². The molecule has 3 aromatic carbocycles. The molecule has 29 heavy (non-hydrogen) atoms. The molecular formula is C25H23F3O. The van der Waals surface area contributed by atoms with E-state index in [1.807, 2.05) is 12.1 Å². The van der Waals surface area contributed by atoms with Crippen LogP contribution in [0.5, 0.6) is 5.75 Å². The number of hydrogen-bond donors (Lipinski definition) is 0. The summed E-state index contributed by atoms with van der Waals surface area (Å²) < 4.78 is 43.4. The van der Waals surface area contributed by atoms with E-state index < -0.39 is 18.2 Å². The summed E-state index contributed by atoms with van der Waals surface area (Å²) in [6, 6.07) is 16.7. The van der Waals surface area contributed by atoms with Crippen LogP contribution in [-0.4, -0.2) is 6.61 Å². The van der Waals surface area contributed by atoms with Crippen molar-refractivity contribution in [3.63, 3.8) is 0 Å². The zero-order valence-electron chi connectivity index (χ0n) is 16.1. The minimum absolute atomic E-state index is 0.266. The summed E-state index contributed by atoms with van der Waals surface area (Å²) in [5.41, 5.74) is 3.36. The molecule has 0 bridgehead atoms. The molecule has 0 atom stereocenters. The van der Waals surface area contributed by atoms with Crippen LogP contribution in [0.3, 0.4) is 0 Å². The molecule has 0 amide bonds. The van der Waals surface area contributed by atoms with E-state index in [0.717, 1.165) is 11.1 Å². The maximum absolute atomic E-state index is 14.4. The van der Waals surface area contributed by atoms with Crippen molar-refractivity contribution in [3.05, 3.63) is 78.6 Å². The minimum atomic E-state index is -3.05. The van der Waals surface area contributed by atoms with E-state index >= 15 is 0 Å². The normalized spacial score (nSPS) is 19.4. The molecule has 0 aliphatic heterocycles. The predicted molar refractivity (Wildman–Crippen MR) is 111 cm³/mol. The van der Waals surface area contributed by atoms with Gasteiger partial charge in [-0.2, -0.15) is 8.78 Å². The molecule has 4 rings (SSSR count). The van der Waals surface area contributed by atoms with E-state index in [4.69, 9.17) is 0 Å². The van der Waals surface area contributed by atoms with E-state index in [2.05, 4.69) is 41.7 Å². The molecule has 0 heterocycles. The van der Waals surface area contributed by atoms with Crippen molar-refractivity contribution in [3.8, 4) is 16.9 Å². The van der Waals surface area contributed by atoms with Crippen molar-refractivity contribution in [2.75, 3.05) is 0 Å². The number of halogens is 3. The maximum atomic E-state index is 14.4. The highest BCUT2D eigenvalue weighted by atomic mass is 19.3. The molecule has 150 valence electrons. The Bertz CT molecular complexity index is 1000. The fraction of sp³-hybridized carbons (Fsp3) is 0.280. The van der Waals surface area contributed by atoms with Gasteiger partial charge in [-0.1, -0.05) is 48.5 Å². The summed E-state index contributed by atoms with van der Waals surface area (Å²) in [5, 5.41) is 0.913. The molecule has 3 aromatic rings. The van der Waals surface area contributed by atoms with Gasteiger partial charge in [0.25, 0.3) is 0 Å². The van der Waals surface area contributed by atoms with Crippen molar-refractivity contribution in [1.29, 1.82) is 0 Å². The van der Waals surface area contributed by atoms with Gasteiger partial charge < -0.3 is 4.74 Å². The van der Waals surface area contributed by atoms with Crippen LogP contribution in [0.4, 0.5) is 13.2 Å². The van der Waals surface area contributed by atoms with Crippen molar-refractivity contribution in [2.45, 2.75) is 38.2 Å². The summed E-state index contributed by atoms with van der Waals surface area (Å²) >= 11 is 0. The second kappa shape index (κ2) is 8.32. The topological polar surface area (TPSA) is 9.23 Å². The average molecular weight is 396 g/mol. The van der Waals surface area contributed by atoms with Gasteiger partial charge in [-0.15, -0.1) is 6.58 Å². The molecule has 4 heteroatoms. The Morgan fingerprint density at radius 2 is 1.59 bits per heavy atom. The van der Waals surface area contributed by atoms with Gasteiger partial charge in [0.05, 0.1) is 0 Å². The third-order valence-electron chi connectivity index (χ3n) is 5.96. The number of ether oxygens (including phenoxy) is 1. The van der Waals surface area contributed by atoms with Gasteiger partial charge in [0, 0.05) is 5.39 Å². The van der Waals surface area contributed by atoms with E-state index in [0.29, 0.717) is 17.2 Å². The molecule has 1 saturated carbocycles. The third kappa shape index (κ3) is 4.16. The number of alkyl halides is 2. The first-order valence-electron chi connectivity index (χ1n) is 9.95. The Kier molecular flexibility index (Phi) is 5.61. The van der Waals surface area contributed by atoms with Crippen LogP contribution in [0.15, 0.2) is 67.3 Å². The first-order valence-corrected chi connectivity index (χ1v) is 9.95. The Morgan fingerprint density at radius 1 is 0.897 bits per heavy atom. The number of fused-ring (bicyclic) bond motifs is 1. The summed E-state index contributed by atoms with van der Waals surface area (Å²) in [6.07, 6.45) is 6.85. The Balaban J connectivity index is 1.56. The smallest absolute Gasteiger partial charge is 0.387 e. The molecule has 0 saturated heterocycles. The van der Waals surface area contributed by atoms with E-state index in [-0.39, 0.29) is 5.39 Å². The molecule has 0 N–H and O–H groups in total. The maximum Gasteiger partial charge on any atom is 0.387 e. The molecule has 0 unspecified atom stereocenters. The lowest BCUT2D eigenvalue weighted by Gasteiger charge is -2.27. The number of benzene rings is 3. The quantitative estimate of drug-likeness (QED) is 0.401. The highest BCUT2D eigenvalue weighted by molar-refractivity contribution is 5.89. The summed E-state index contributed by atoms with van der Waals surface area (Å²) in [4.78, 5) is 0. The highest BCUT2D eigenvalue weighted by Crippen LogP contribution is 2.37. The van der Waals surface area contributed by atoms with Crippen LogP contribution < -0.4 is 4.74 Å². The van der Waals surface area contributed by atoms with Crippen LogP contribution in [0.2, 0.25) is 0 Å². The molecule has 1 fully saturated rings. The summed E-state index contributed by atoms with van der Waals surface area (Å²) in [5.74, 6) is 0.0462. The second-order valence-corrected chi connectivity index (χ2v) is 7.66. The monoisotopic (exact) mass is 396 g/mol. The zero-order chi connectivity index (χ0) is 20.4. The summed E-state index contributed by atoms with van der Waals surface area (Å²) in [6.45, 7) is 0.858. The van der Waals surface area contributed by atoms with Crippen LogP contribution >= 0.6 is 0 Å². The second-order valence-electron chi connectivity index (χ2n) is 7.66. The lowest BCUT2D eigenvalue weighted by atomic mass is 9.78. The third-order valence-corrected chi connectivity index (χ3v) is 5.96. The SMILES string of the molecule is C=CC1CCC(c2ccc(-c3ccc4c(F)c(OC(F)F)ccc4c3)cc2)CC1. The van der Waals surface area contributed by atoms with Gasteiger partial charge in [0.1, 0.15) is 0 Å². The first-order chi connectivity index (χ1) is 14.0. The zero-order valence-corrected chi connectivity index (χ0v) is 16.1. The number of hydrogen-bond acceptors (Lipinski definition) is 1. The molecule has 1 nitrogen and oxygen atoms in total. The Hall–Kier alpha value is -2.75. The van der Waals surface area contributed by atoms with E-state index in [1.54, 1.807) is 12.1 Å². The lowest BCUT2D eigenvalue weighted by molar-refractivity contribution is -0.0520. The molecule has 0 radical (unpaired) electrons. The van der Waals surface area contributed by atoms with Gasteiger partial charge in [-0.25, -0.2) is 4.39 Å². The fourth-order valence-corrected chi connectivity index (χ4v) is 4.27. The van der Waals surface area contributed by atoms with Crippen LogP contribution in [0.25, 0.3) is 21.9 Å². The van der Waals surface area contributed by atoms with Crippen molar-refractivity contribution in [2.24, 2.45) is 5.92 Å². The van der Waals surface area contributed by atoms with E-state index in [9.17, 15) is 13.2 Å². The average Bonchev–Trinajstić information content (AvgIpc) is 2.75.